The van der Waals surface area contributed by atoms with Crippen LogP contribution in [-0.4, -0.2) is 41.7 Å². The van der Waals surface area contributed by atoms with Crippen LogP contribution in [0, 0.1) is 0 Å². The molecule has 1 aliphatic rings. The molecule has 0 unspecified atom stereocenters. The second-order valence-corrected chi connectivity index (χ2v) is 8.09. The molecular formula is C23H21ClN6O2. The fourth-order valence-electron chi connectivity index (χ4n) is 3.96. The quantitative estimate of drug-likeness (QED) is 0.461. The number of fused-ring (bicyclic) bond motifs is 1. The van der Waals surface area contributed by atoms with Crippen molar-refractivity contribution < 1.29 is 9.90 Å². The number of aryl methyl sites for hydroxylation is 1. The van der Waals surface area contributed by atoms with E-state index in [1.54, 1.807) is 34.0 Å². The summed E-state index contributed by atoms with van der Waals surface area (Å²) in [5.41, 5.74) is 3.17. The second kappa shape index (κ2) is 8.14. The summed E-state index contributed by atoms with van der Waals surface area (Å²) in [5.74, 6) is 1.35. The zero-order valence-electron chi connectivity index (χ0n) is 17.3. The molecule has 0 saturated carbocycles. The molecule has 4 heterocycles. The predicted molar refractivity (Wildman–Crippen MR) is 122 cm³/mol. The summed E-state index contributed by atoms with van der Waals surface area (Å²) >= 11 is 6.10. The van der Waals surface area contributed by atoms with Crippen molar-refractivity contribution in [2.24, 2.45) is 7.05 Å². The number of hydrogen-bond acceptors (Lipinski definition) is 5. The van der Waals surface area contributed by atoms with Crippen LogP contribution in [-0.2, 0) is 13.6 Å². The predicted octanol–water partition coefficient (Wildman–Crippen LogP) is 4.20. The Balaban J connectivity index is 1.39. The molecule has 0 aliphatic carbocycles. The number of carbonyl (C=O) groups excluding carboxylic acids is 1. The molecule has 8 nitrogen and oxygen atoms in total. The lowest BCUT2D eigenvalue weighted by Crippen LogP contribution is -2.32. The second-order valence-electron chi connectivity index (χ2n) is 7.65. The van der Waals surface area contributed by atoms with Crippen molar-refractivity contribution in [1.82, 2.24) is 24.0 Å². The van der Waals surface area contributed by atoms with Gasteiger partial charge in [0.15, 0.2) is 0 Å². The normalized spacial score (nSPS) is 14.0. The Hall–Kier alpha value is -3.62. The van der Waals surface area contributed by atoms with Gasteiger partial charge in [0.2, 0.25) is 5.95 Å². The molecule has 1 atom stereocenters. The van der Waals surface area contributed by atoms with Crippen LogP contribution in [0.1, 0.15) is 17.3 Å². The van der Waals surface area contributed by atoms with Gasteiger partial charge in [-0.25, -0.2) is 14.8 Å². The number of benzene rings is 1. The molecule has 1 aliphatic heterocycles. The molecule has 4 aromatic rings. The molecule has 0 bridgehead atoms. The van der Waals surface area contributed by atoms with E-state index in [4.69, 9.17) is 11.6 Å². The lowest BCUT2D eigenvalue weighted by atomic mass is 10.1. The minimum atomic E-state index is -0.468. The Morgan fingerprint density at radius 1 is 1.22 bits per heavy atom. The van der Waals surface area contributed by atoms with E-state index in [0.29, 0.717) is 23.2 Å². The first-order valence-corrected chi connectivity index (χ1v) is 10.5. The van der Waals surface area contributed by atoms with E-state index < -0.39 is 6.04 Å². The number of hydrogen-bond donors (Lipinski definition) is 2. The minimum absolute atomic E-state index is 0.191. The Morgan fingerprint density at radius 2 is 2.09 bits per heavy atom. The fraction of sp³-hybridized carbons (Fsp3) is 0.174. The molecule has 1 amide bonds. The SMILES string of the molecule is Cn1cccc1Nc1nccc(-c2cc3n(c2)C(=O)N([C@H](CO)c2cccc(Cl)c2)C3)n1. The van der Waals surface area contributed by atoms with E-state index in [1.807, 2.05) is 54.2 Å². The zero-order valence-corrected chi connectivity index (χ0v) is 18.1. The number of anilines is 2. The molecule has 0 radical (unpaired) electrons. The molecule has 162 valence electrons. The minimum Gasteiger partial charge on any atom is -0.394 e. The Morgan fingerprint density at radius 3 is 2.81 bits per heavy atom. The maximum atomic E-state index is 13.1. The van der Waals surface area contributed by atoms with Crippen LogP contribution < -0.4 is 5.32 Å². The van der Waals surface area contributed by atoms with Gasteiger partial charge >= 0.3 is 6.03 Å². The molecule has 5 rings (SSSR count). The Labute approximate surface area is 189 Å². The van der Waals surface area contributed by atoms with Crippen LogP contribution in [0.2, 0.25) is 5.02 Å². The van der Waals surface area contributed by atoms with Gasteiger partial charge in [-0.05, 0) is 42.0 Å². The summed E-state index contributed by atoms with van der Waals surface area (Å²) in [6.07, 6.45) is 5.40. The molecular weight excluding hydrogens is 428 g/mol. The number of amides is 1. The number of aliphatic hydroxyl groups excluding tert-OH is 1. The summed E-state index contributed by atoms with van der Waals surface area (Å²) in [6, 6.07) is 14.2. The molecule has 3 aromatic heterocycles. The van der Waals surface area contributed by atoms with Gasteiger partial charge in [0, 0.05) is 41.9 Å². The third kappa shape index (κ3) is 3.63. The summed E-state index contributed by atoms with van der Waals surface area (Å²) in [5, 5.41) is 13.7. The first-order valence-electron chi connectivity index (χ1n) is 10.1. The molecule has 2 N–H and O–H groups in total. The van der Waals surface area contributed by atoms with Crippen molar-refractivity contribution in [2.75, 3.05) is 11.9 Å². The highest BCUT2D eigenvalue weighted by Gasteiger charge is 2.34. The Kier molecular flexibility index (Phi) is 5.16. The maximum Gasteiger partial charge on any atom is 0.329 e. The van der Waals surface area contributed by atoms with Gasteiger partial charge in [-0.1, -0.05) is 23.7 Å². The van der Waals surface area contributed by atoms with Gasteiger partial charge < -0.3 is 19.9 Å². The first-order chi connectivity index (χ1) is 15.5. The van der Waals surface area contributed by atoms with Crippen LogP contribution in [0.3, 0.4) is 0 Å². The number of nitrogens with zero attached hydrogens (tertiary/aromatic N) is 5. The lowest BCUT2D eigenvalue weighted by molar-refractivity contribution is 0.141. The summed E-state index contributed by atoms with van der Waals surface area (Å²) in [7, 11) is 1.94. The summed E-state index contributed by atoms with van der Waals surface area (Å²) in [4.78, 5) is 23.6. The number of nitrogens with one attached hydrogen (secondary N) is 1. The highest BCUT2D eigenvalue weighted by atomic mass is 35.5. The van der Waals surface area contributed by atoms with Crippen molar-refractivity contribution in [3.8, 4) is 11.3 Å². The van der Waals surface area contributed by atoms with Crippen LogP contribution in [0.15, 0.2) is 67.1 Å². The van der Waals surface area contributed by atoms with Crippen molar-refractivity contribution in [2.45, 2.75) is 12.6 Å². The maximum absolute atomic E-state index is 13.1. The third-order valence-electron chi connectivity index (χ3n) is 5.60. The van der Waals surface area contributed by atoms with Crippen molar-refractivity contribution in [3.05, 3.63) is 83.4 Å². The average Bonchev–Trinajstić information content (AvgIpc) is 3.46. The van der Waals surface area contributed by atoms with Crippen molar-refractivity contribution in [3.63, 3.8) is 0 Å². The topological polar surface area (TPSA) is 88.2 Å². The van der Waals surface area contributed by atoms with Gasteiger partial charge in [-0.15, -0.1) is 0 Å². The third-order valence-corrected chi connectivity index (χ3v) is 5.84. The largest absolute Gasteiger partial charge is 0.394 e. The number of halogens is 1. The van der Waals surface area contributed by atoms with Crippen LogP contribution in [0.25, 0.3) is 11.3 Å². The van der Waals surface area contributed by atoms with Crippen molar-refractivity contribution >= 4 is 29.4 Å². The molecule has 0 saturated heterocycles. The van der Waals surface area contributed by atoms with Crippen LogP contribution >= 0.6 is 11.6 Å². The number of aliphatic hydroxyl groups is 1. The van der Waals surface area contributed by atoms with E-state index in [1.165, 1.54) is 0 Å². The summed E-state index contributed by atoms with van der Waals surface area (Å²) < 4.78 is 3.54. The van der Waals surface area contributed by atoms with Gasteiger partial charge in [0.05, 0.1) is 24.9 Å². The highest BCUT2D eigenvalue weighted by molar-refractivity contribution is 6.30. The molecule has 0 fully saturated rings. The fourth-order valence-corrected chi connectivity index (χ4v) is 4.15. The van der Waals surface area contributed by atoms with E-state index in [9.17, 15) is 9.90 Å². The molecule has 9 heteroatoms. The Bertz CT molecular complexity index is 1300. The number of aromatic nitrogens is 4. The van der Waals surface area contributed by atoms with E-state index in [-0.39, 0.29) is 12.6 Å². The average molecular weight is 449 g/mol. The van der Waals surface area contributed by atoms with Gasteiger partial charge in [0.25, 0.3) is 0 Å². The molecule has 32 heavy (non-hydrogen) atoms. The van der Waals surface area contributed by atoms with E-state index in [0.717, 1.165) is 22.6 Å². The van der Waals surface area contributed by atoms with Gasteiger partial charge in [-0.3, -0.25) is 4.57 Å². The summed E-state index contributed by atoms with van der Waals surface area (Å²) in [6.45, 7) is 0.194. The standard InChI is InChI=1S/C23H21ClN6O2/c1-28-9-3-6-21(28)27-22-25-8-7-19(26-22)16-11-18-13-30(23(32)29(18)12-16)20(14-31)15-4-2-5-17(24)10-15/h2-12,20,31H,13-14H2,1H3,(H,25,26,27)/t20-/m1/s1. The van der Waals surface area contributed by atoms with Crippen LogP contribution in [0.5, 0.6) is 0 Å². The monoisotopic (exact) mass is 448 g/mol. The van der Waals surface area contributed by atoms with Crippen LogP contribution in [0.4, 0.5) is 16.6 Å². The number of rotatable bonds is 6. The van der Waals surface area contributed by atoms with Crippen molar-refractivity contribution in [1.29, 1.82) is 0 Å². The van der Waals surface area contributed by atoms with E-state index >= 15 is 0 Å². The van der Waals surface area contributed by atoms with Gasteiger partial charge in [-0.2, -0.15) is 0 Å². The first kappa shape index (κ1) is 20.3. The highest BCUT2D eigenvalue weighted by Crippen LogP contribution is 2.32. The van der Waals surface area contributed by atoms with Gasteiger partial charge in [0.1, 0.15) is 5.82 Å². The molecule has 1 aromatic carbocycles. The smallest absolute Gasteiger partial charge is 0.329 e. The molecule has 0 spiro atoms. The zero-order chi connectivity index (χ0) is 22.2. The number of carbonyl (C=O) groups is 1. The lowest BCUT2D eigenvalue weighted by Gasteiger charge is -2.26. The van der Waals surface area contributed by atoms with E-state index in [2.05, 4.69) is 15.3 Å².